The van der Waals surface area contributed by atoms with Gasteiger partial charge in [0.2, 0.25) is 0 Å². The maximum Gasteiger partial charge on any atom is 0.306 e. The van der Waals surface area contributed by atoms with Crippen molar-refractivity contribution in [1.82, 2.24) is 0 Å². The van der Waals surface area contributed by atoms with Crippen molar-refractivity contribution in [2.24, 2.45) is 5.92 Å². The smallest absolute Gasteiger partial charge is 0.306 e. The highest BCUT2D eigenvalue weighted by Gasteiger charge is 2.23. The molecule has 0 aromatic carbocycles. The lowest BCUT2D eigenvalue weighted by Crippen LogP contribution is -2.39. The number of aliphatic hydroxyl groups is 5. The molecular formula is C21H40O15. The number of carbonyl (C=O) groups is 2. The van der Waals surface area contributed by atoms with E-state index in [-0.39, 0.29) is 51.8 Å². The molecule has 0 saturated carbocycles. The van der Waals surface area contributed by atoms with E-state index in [1.807, 2.05) is 0 Å². The molecule has 0 aromatic heterocycles. The minimum Gasteiger partial charge on any atom is -0.481 e. The average molecular weight is 533 g/mol. The molecule has 0 radical (unpaired) electrons. The van der Waals surface area contributed by atoms with Gasteiger partial charge >= 0.3 is 11.9 Å². The van der Waals surface area contributed by atoms with Gasteiger partial charge in [0.25, 0.3) is 0 Å². The third-order valence-electron chi connectivity index (χ3n) is 4.39. The van der Waals surface area contributed by atoms with Crippen molar-refractivity contribution in [1.29, 1.82) is 0 Å². The van der Waals surface area contributed by atoms with Gasteiger partial charge in [-0.1, -0.05) is 6.92 Å². The van der Waals surface area contributed by atoms with Gasteiger partial charge in [0.1, 0.15) is 18.8 Å². The van der Waals surface area contributed by atoms with Crippen LogP contribution in [0.5, 0.6) is 0 Å². The number of hydrogen-bond donors (Lipinski definition) is 6. The molecule has 15 nitrogen and oxygen atoms in total. The Balaban J connectivity index is 4.55. The maximum atomic E-state index is 11.5. The van der Waals surface area contributed by atoms with Crippen LogP contribution >= 0.6 is 0 Å². The molecule has 0 aliphatic heterocycles. The fraction of sp³-hybridized carbons (Fsp3) is 0.905. The topological polar surface area (TPSA) is 220 Å². The Morgan fingerprint density at radius 3 is 1.58 bits per heavy atom. The molecule has 6 unspecified atom stereocenters. The van der Waals surface area contributed by atoms with Gasteiger partial charge in [-0.25, -0.2) is 0 Å². The molecule has 6 N–H and O–H groups in total. The molecular weight excluding hydrogens is 492 g/mol. The first kappa shape index (κ1) is 34.5. The molecule has 36 heavy (non-hydrogen) atoms. The zero-order chi connectivity index (χ0) is 27.3. The van der Waals surface area contributed by atoms with Gasteiger partial charge in [-0.3, -0.25) is 9.59 Å². The van der Waals surface area contributed by atoms with Crippen LogP contribution in [-0.2, 0) is 42.7 Å². The molecule has 6 atom stereocenters. The van der Waals surface area contributed by atoms with E-state index in [4.69, 9.17) is 43.4 Å². The van der Waals surface area contributed by atoms with Crippen molar-refractivity contribution in [2.75, 3.05) is 66.6 Å². The highest BCUT2D eigenvalue weighted by atomic mass is 16.7. The second-order valence-electron chi connectivity index (χ2n) is 7.64. The van der Waals surface area contributed by atoms with Gasteiger partial charge < -0.3 is 63.8 Å². The van der Waals surface area contributed by atoms with Crippen LogP contribution in [0.15, 0.2) is 0 Å². The van der Waals surface area contributed by atoms with Gasteiger partial charge in [-0.15, -0.1) is 0 Å². The first-order chi connectivity index (χ1) is 17.2. The summed E-state index contributed by atoms with van der Waals surface area (Å²) in [6, 6.07) is 0. The number of aliphatic hydroxyl groups excluding tert-OH is 5. The van der Waals surface area contributed by atoms with Crippen LogP contribution in [0.3, 0.4) is 0 Å². The number of carboxylic acid groups (broad SMARTS) is 1. The summed E-state index contributed by atoms with van der Waals surface area (Å²) in [5, 5.41) is 55.5. The van der Waals surface area contributed by atoms with Crippen molar-refractivity contribution in [3.05, 3.63) is 0 Å². The van der Waals surface area contributed by atoms with Crippen LogP contribution in [0.2, 0.25) is 0 Å². The number of aliphatic carboxylic acids is 1. The predicted molar refractivity (Wildman–Crippen MR) is 118 cm³/mol. The lowest BCUT2D eigenvalue weighted by atomic mass is 10.2. The van der Waals surface area contributed by atoms with Gasteiger partial charge in [0.15, 0.2) is 18.9 Å². The standard InChI is InChI=1S/C21H40O15/c1-14(5-22)10-32-19(8-25)35-15(6-23)11-33-20(9-26)36-16(7-24)12-34-21(30-2)13-31-18(29)4-3-17(27)28/h14-16,19-26H,3-13H2,1-2H3,(H,27,28). The van der Waals surface area contributed by atoms with Crippen molar-refractivity contribution in [3.63, 3.8) is 0 Å². The Morgan fingerprint density at radius 2 is 1.17 bits per heavy atom. The maximum absolute atomic E-state index is 11.5. The first-order valence-electron chi connectivity index (χ1n) is 11.3. The van der Waals surface area contributed by atoms with Crippen molar-refractivity contribution in [3.8, 4) is 0 Å². The van der Waals surface area contributed by atoms with Gasteiger partial charge in [-0.2, -0.15) is 0 Å². The van der Waals surface area contributed by atoms with E-state index in [1.54, 1.807) is 6.92 Å². The Labute approximate surface area is 209 Å². The van der Waals surface area contributed by atoms with Crippen molar-refractivity contribution < 1.29 is 73.4 Å². The summed E-state index contributed by atoms with van der Waals surface area (Å²) in [5.74, 6) is -2.07. The fourth-order valence-electron chi connectivity index (χ4n) is 2.35. The Morgan fingerprint density at radius 1 is 0.667 bits per heavy atom. The van der Waals surface area contributed by atoms with Crippen LogP contribution in [0.25, 0.3) is 0 Å². The largest absolute Gasteiger partial charge is 0.481 e. The minimum absolute atomic E-state index is 0.112. The summed E-state index contributed by atoms with van der Waals surface area (Å²) in [5.41, 5.74) is 0. The Bertz CT molecular complexity index is 563. The number of carbonyl (C=O) groups excluding carboxylic acids is 1. The zero-order valence-corrected chi connectivity index (χ0v) is 20.6. The van der Waals surface area contributed by atoms with Crippen LogP contribution in [0.1, 0.15) is 19.8 Å². The molecule has 0 heterocycles. The Hall–Kier alpha value is -1.50. The second kappa shape index (κ2) is 21.6. The van der Waals surface area contributed by atoms with E-state index in [0.29, 0.717) is 0 Å². The quantitative estimate of drug-likeness (QED) is 0.0556. The minimum atomic E-state index is -1.24. The number of hydrogen-bond acceptors (Lipinski definition) is 14. The molecule has 0 amide bonds. The first-order valence-corrected chi connectivity index (χ1v) is 11.3. The van der Waals surface area contributed by atoms with E-state index in [0.717, 1.165) is 0 Å². The highest BCUT2D eigenvalue weighted by Crippen LogP contribution is 2.09. The third-order valence-corrected chi connectivity index (χ3v) is 4.39. The number of methoxy groups -OCH3 is 1. The lowest BCUT2D eigenvalue weighted by Gasteiger charge is -2.27. The average Bonchev–Trinajstić information content (AvgIpc) is 2.89. The van der Waals surface area contributed by atoms with Crippen LogP contribution in [0.4, 0.5) is 0 Å². The van der Waals surface area contributed by atoms with Crippen molar-refractivity contribution in [2.45, 2.75) is 50.8 Å². The predicted octanol–water partition coefficient (Wildman–Crippen LogP) is -2.56. The summed E-state index contributed by atoms with van der Waals surface area (Å²) in [6.07, 6.45) is -5.95. The third kappa shape index (κ3) is 17.0. The number of rotatable bonds is 24. The summed E-state index contributed by atoms with van der Waals surface area (Å²) in [4.78, 5) is 22.0. The van der Waals surface area contributed by atoms with Crippen LogP contribution in [-0.4, -0.2) is 140 Å². The Kier molecular flexibility index (Phi) is 20.7. The van der Waals surface area contributed by atoms with E-state index >= 15 is 0 Å². The zero-order valence-electron chi connectivity index (χ0n) is 20.6. The van der Waals surface area contributed by atoms with Gasteiger partial charge in [0.05, 0.1) is 59.1 Å². The molecule has 0 fully saturated rings. The second-order valence-corrected chi connectivity index (χ2v) is 7.64. The molecule has 0 bridgehead atoms. The van der Waals surface area contributed by atoms with E-state index in [9.17, 15) is 30.0 Å². The van der Waals surface area contributed by atoms with Crippen molar-refractivity contribution >= 4 is 11.9 Å². The number of esters is 1. The highest BCUT2D eigenvalue weighted by molar-refractivity contribution is 5.76. The molecule has 0 aliphatic carbocycles. The lowest BCUT2D eigenvalue weighted by molar-refractivity contribution is -0.249. The molecule has 0 spiro atoms. The number of ether oxygens (including phenoxy) is 7. The SMILES string of the molecule is COC(COC(=O)CCC(=O)O)OCC(CO)OC(CO)OCC(CO)OC(CO)OCC(C)CO. The van der Waals surface area contributed by atoms with E-state index in [2.05, 4.69) is 0 Å². The summed E-state index contributed by atoms with van der Waals surface area (Å²) >= 11 is 0. The van der Waals surface area contributed by atoms with E-state index < -0.39 is 69.4 Å². The molecule has 15 heteroatoms. The molecule has 0 rings (SSSR count). The van der Waals surface area contributed by atoms with Crippen LogP contribution in [0, 0.1) is 5.92 Å². The van der Waals surface area contributed by atoms with Gasteiger partial charge in [-0.05, 0) is 0 Å². The number of carboxylic acids is 1. The fourth-order valence-corrected chi connectivity index (χ4v) is 2.35. The molecule has 0 saturated heterocycles. The summed E-state index contributed by atoms with van der Waals surface area (Å²) in [6.45, 7) is -1.24. The molecule has 0 aliphatic rings. The molecule has 0 aromatic rings. The molecule has 214 valence electrons. The summed E-state index contributed by atoms with van der Waals surface area (Å²) in [7, 11) is 1.28. The van der Waals surface area contributed by atoms with Gasteiger partial charge in [0, 0.05) is 19.6 Å². The van der Waals surface area contributed by atoms with E-state index in [1.165, 1.54) is 7.11 Å². The monoisotopic (exact) mass is 532 g/mol. The summed E-state index contributed by atoms with van der Waals surface area (Å²) < 4.78 is 36.8. The normalized spacial score (nSPS) is 16.6. The van der Waals surface area contributed by atoms with Crippen LogP contribution < -0.4 is 0 Å².